The van der Waals surface area contributed by atoms with E-state index in [1.165, 1.54) is 6.07 Å². The van der Waals surface area contributed by atoms with Crippen LogP contribution in [0.15, 0.2) is 12.1 Å². The molecule has 0 saturated heterocycles. The molecule has 0 fully saturated rings. The van der Waals surface area contributed by atoms with Crippen LogP contribution in [-0.2, 0) is 16.6 Å². The SMILES string of the molecule is NS(=O)(=O)CCCNCc1ccc([N+](=O)[O-])s1. The molecule has 96 valence electrons. The summed E-state index contributed by atoms with van der Waals surface area (Å²) < 4.78 is 21.2. The molecule has 1 aromatic heterocycles. The van der Waals surface area contributed by atoms with E-state index in [1.807, 2.05) is 0 Å². The van der Waals surface area contributed by atoms with Crippen molar-refractivity contribution in [3.8, 4) is 0 Å². The molecule has 0 spiro atoms. The summed E-state index contributed by atoms with van der Waals surface area (Å²) in [6.45, 7) is 0.991. The molecule has 9 heteroatoms. The van der Waals surface area contributed by atoms with Gasteiger partial charge in [0.15, 0.2) is 0 Å². The van der Waals surface area contributed by atoms with E-state index >= 15 is 0 Å². The van der Waals surface area contributed by atoms with E-state index in [2.05, 4.69) is 5.32 Å². The Bertz CT molecular complexity index is 483. The third-order valence-electron chi connectivity index (χ3n) is 1.91. The number of nitrogens with two attached hydrogens (primary N) is 1. The molecule has 1 aromatic rings. The Morgan fingerprint density at radius 1 is 1.47 bits per heavy atom. The van der Waals surface area contributed by atoms with E-state index in [1.54, 1.807) is 6.07 Å². The van der Waals surface area contributed by atoms with Gasteiger partial charge in [0.2, 0.25) is 10.0 Å². The number of primary sulfonamides is 1. The Hall–Kier alpha value is -1.03. The van der Waals surface area contributed by atoms with E-state index in [9.17, 15) is 18.5 Å². The van der Waals surface area contributed by atoms with E-state index in [0.717, 1.165) is 16.2 Å². The Morgan fingerprint density at radius 2 is 2.18 bits per heavy atom. The van der Waals surface area contributed by atoms with Gasteiger partial charge in [-0.15, -0.1) is 0 Å². The summed E-state index contributed by atoms with van der Waals surface area (Å²) >= 11 is 1.10. The van der Waals surface area contributed by atoms with Gasteiger partial charge in [0.25, 0.3) is 0 Å². The fourth-order valence-corrected chi connectivity index (χ4v) is 2.51. The highest BCUT2D eigenvalue weighted by molar-refractivity contribution is 7.89. The van der Waals surface area contributed by atoms with Gasteiger partial charge in [-0.2, -0.15) is 0 Å². The fourth-order valence-electron chi connectivity index (χ4n) is 1.17. The van der Waals surface area contributed by atoms with Crippen molar-refractivity contribution in [3.63, 3.8) is 0 Å². The van der Waals surface area contributed by atoms with Gasteiger partial charge in [-0.1, -0.05) is 11.3 Å². The van der Waals surface area contributed by atoms with Crippen molar-refractivity contribution >= 4 is 26.4 Å². The molecule has 0 amide bonds. The van der Waals surface area contributed by atoms with E-state index in [-0.39, 0.29) is 10.8 Å². The monoisotopic (exact) mass is 279 g/mol. The van der Waals surface area contributed by atoms with Crippen LogP contribution >= 0.6 is 11.3 Å². The van der Waals surface area contributed by atoms with Crippen LogP contribution in [0.2, 0.25) is 0 Å². The van der Waals surface area contributed by atoms with Crippen LogP contribution in [0.5, 0.6) is 0 Å². The van der Waals surface area contributed by atoms with Gasteiger partial charge >= 0.3 is 5.00 Å². The second-order valence-electron chi connectivity index (χ2n) is 3.39. The number of hydrogen-bond acceptors (Lipinski definition) is 6. The Balaban J connectivity index is 2.24. The van der Waals surface area contributed by atoms with Crippen LogP contribution in [0.1, 0.15) is 11.3 Å². The molecule has 3 N–H and O–H groups in total. The molecule has 0 radical (unpaired) electrons. The molecule has 17 heavy (non-hydrogen) atoms. The summed E-state index contributed by atoms with van der Waals surface area (Å²) in [6.07, 6.45) is 0.423. The first-order valence-electron chi connectivity index (χ1n) is 4.83. The smallest absolute Gasteiger partial charge is 0.312 e. The molecule has 0 aromatic carbocycles. The van der Waals surface area contributed by atoms with E-state index in [4.69, 9.17) is 5.14 Å². The first-order valence-corrected chi connectivity index (χ1v) is 7.36. The first kappa shape index (κ1) is 14.0. The van der Waals surface area contributed by atoms with Gasteiger partial charge < -0.3 is 5.32 Å². The largest absolute Gasteiger partial charge is 0.324 e. The Morgan fingerprint density at radius 3 is 2.71 bits per heavy atom. The molecule has 0 aliphatic rings. The van der Waals surface area contributed by atoms with Crippen molar-refractivity contribution in [2.24, 2.45) is 5.14 Å². The Labute approximate surface area is 103 Å². The lowest BCUT2D eigenvalue weighted by molar-refractivity contribution is -0.380. The van der Waals surface area contributed by atoms with Crippen LogP contribution in [-0.4, -0.2) is 25.6 Å². The summed E-state index contributed by atoms with van der Waals surface area (Å²) in [6, 6.07) is 3.13. The lowest BCUT2D eigenvalue weighted by atomic mass is 10.4. The molecule has 0 aliphatic heterocycles. The zero-order chi connectivity index (χ0) is 12.9. The molecule has 0 aliphatic carbocycles. The van der Waals surface area contributed by atoms with Crippen molar-refractivity contribution in [1.82, 2.24) is 5.32 Å². The van der Waals surface area contributed by atoms with Crippen molar-refractivity contribution in [1.29, 1.82) is 0 Å². The summed E-state index contributed by atoms with van der Waals surface area (Å²) in [5, 5.41) is 18.4. The molecule has 0 bridgehead atoms. The van der Waals surface area contributed by atoms with Crippen molar-refractivity contribution < 1.29 is 13.3 Å². The summed E-state index contributed by atoms with van der Waals surface area (Å²) in [5.74, 6) is -0.0649. The maximum atomic E-state index is 10.6. The molecule has 7 nitrogen and oxygen atoms in total. The lowest BCUT2D eigenvalue weighted by Crippen LogP contribution is -2.21. The maximum absolute atomic E-state index is 10.6. The number of sulfonamides is 1. The molecular weight excluding hydrogens is 266 g/mol. The van der Waals surface area contributed by atoms with Crippen LogP contribution in [0, 0.1) is 10.1 Å². The Kier molecular flexibility index (Phi) is 5.00. The number of rotatable bonds is 7. The number of hydrogen-bond donors (Lipinski definition) is 2. The number of nitrogens with one attached hydrogen (secondary N) is 1. The summed E-state index contributed by atoms with van der Waals surface area (Å²) in [7, 11) is -3.40. The molecule has 1 rings (SSSR count). The van der Waals surface area contributed by atoms with Crippen molar-refractivity contribution in [3.05, 3.63) is 27.1 Å². The lowest BCUT2D eigenvalue weighted by Gasteiger charge is -2.01. The van der Waals surface area contributed by atoms with Crippen molar-refractivity contribution in [2.45, 2.75) is 13.0 Å². The highest BCUT2D eigenvalue weighted by Gasteiger charge is 2.09. The molecule has 1 heterocycles. The third-order valence-corrected chi connectivity index (χ3v) is 3.80. The van der Waals surface area contributed by atoms with Crippen LogP contribution in [0.3, 0.4) is 0 Å². The summed E-state index contributed by atoms with van der Waals surface area (Å²) in [4.78, 5) is 10.8. The minimum Gasteiger partial charge on any atom is -0.312 e. The minimum absolute atomic E-state index is 0.0649. The molecular formula is C8H13N3O4S2. The highest BCUT2D eigenvalue weighted by atomic mass is 32.2. The van der Waals surface area contributed by atoms with E-state index < -0.39 is 14.9 Å². The summed E-state index contributed by atoms with van der Waals surface area (Å²) in [5.41, 5.74) is 0. The van der Waals surface area contributed by atoms with E-state index in [0.29, 0.717) is 19.5 Å². The topological polar surface area (TPSA) is 115 Å². The average molecular weight is 279 g/mol. The highest BCUT2D eigenvalue weighted by Crippen LogP contribution is 2.23. The minimum atomic E-state index is -3.40. The molecule has 0 atom stereocenters. The standard InChI is InChI=1S/C8H13N3O4S2/c9-17(14,15)5-1-4-10-6-7-2-3-8(16-7)11(12)13/h2-3,10H,1,4-6H2,(H2,9,14,15). The predicted octanol–water partition coefficient (Wildman–Crippen LogP) is 0.425. The number of nitro groups is 1. The van der Waals surface area contributed by atoms with Gasteiger partial charge in [-0.05, 0) is 19.0 Å². The number of nitrogens with zero attached hydrogens (tertiary/aromatic N) is 1. The van der Waals surface area contributed by atoms with Gasteiger partial charge in [0.1, 0.15) is 0 Å². The van der Waals surface area contributed by atoms with Gasteiger partial charge in [-0.3, -0.25) is 10.1 Å². The van der Waals surface area contributed by atoms with Crippen LogP contribution in [0.25, 0.3) is 0 Å². The second-order valence-corrected chi connectivity index (χ2v) is 6.28. The zero-order valence-corrected chi connectivity index (χ0v) is 10.6. The number of thiophene rings is 1. The average Bonchev–Trinajstić information content (AvgIpc) is 2.64. The van der Waals surface area contributed by atoms with Gasteiger partial charge in [0.05, 0.1) is 10.7 Å². The second kappa shape index (κ2) is 6.05. The fraction of sp³-hybridized carbons (Fsp3) is 0.500. The predicted molar refractivity (Wildman–Crippen MR) is 65.3 cm³/mol. The van der Waals surface area contributed by atoms with Crippen LogP contribution in [0.4, 0.5) is 5.00 Å². The van der Waals surface area contributed by atoms with Crippen LogP contribution < -0.4 is 10.5 Å². The van der Waals surface area contributed by atoms with Gasteiger partial charge in [0, 0.05) is 17.5 Å². The molecule has 0 saturated carbocycles. The quantitative estimate of drug-likeness (QED) is 0.426. The first-order chi connectivity index (χ1) is 7.88. The normalized spacial score (nSPS) is 11.6. The van der Waals surface area contributed by atoms with Crippen molar-refractivity contribution in [2.75, 3.05) is 12.3 Å². The van der Waals surface area contributed by atoms with Gasteiger partial charge in [-0.25, -0.2) is 13.6 Å². The molecule has 0 unspecified atom stereocenters. The maximum Gasteiger partial charge on any atom is 0.324 e. The zero-order valence-electron chi connectivity index (χ0n) is 8.96. The third kappa shape index (κ3) is 5.73.